The number of benzene rings is 1. The summed E-state index contributed by atoms with van der Waals surface area (Å²) < 4.78 is 5.46. The Balaban J connectivity index is 3.03. The van der Waals surface area contributed by atoms with Gasteiger partial charge >= 0.3 is 5.97 Å². The maximum absolute atomic E-state index is 11.4. The van der Waals surface area contributed by atoms with Crippen molar-refractivity contribution in [1.29, 1.82) is 0 Å². The molecule has 1 aromatic carbocycles. The Hall–Kier alpha value is -1.55. The summed E-state index contributed by atoms with van der Waals surface area (Å²) in [4.78, 5) is 22.7. The third-order valence-electron chi connectivity index (χ3n) is 3.00. The average molecular weight is 271 g/mol. The smallest absolute Gasteiger partial charge is 0.348 e. The average Bonchev–Trinajstić information content (AvgIpc) is 2.30. The van der Waals surface area contributed by atoms with Gasteiger partial charge in [-0.2, -0.15) is 0 Å². The van der Waals surface area contributed by atoms with E-state index < -0.39 is 17.5 Å². The quantitative estimate of drug-likeness (QED) is 0.894. The summed E-state index contributed by atoms with van der Waals surface area (Å²) in [6.45, 7) is 4.26. The number of hydrogen-bond acceptors (Lipinski definition) is 3. The molecule has 2 atom stereocenters. The van der Waals surface area contributed by atoms with Gasteiger partial charge in [0.25, 0.3) is 0 Å². The van der Waals surface area contributed by atoms with Crippen LogP contribution >= 0.6 is 11.6 Å². The third kappa shape index (κ3) is 3.01. The zero-order chi connectivity index (χ0) is 13.9. The first-order valence-electron chi connectivity index (χ1n) is 5.46. The number of halogens is 1. The molecule has 0 fully saturated rings. The molecule has 98 valence electrons. The van der Waals surface area contributed by atoms with E-state index in [1.54, 1.807) is 24.3 Å². The molecule has 5 heteroatoms. The lowest BCUT2D eigenvalue weighted by Crippen LogP contribution is -2.49. The Morgan fingerprint density at radius 3 is 2.22 bits per heavy atom. The van der Waals surface area contributed by atoms with Gasteiger partial charge < -0.3 is 9.84 Å². The van der Waals surface area contributed by atoms with Crippen LogP contribution in [0.1, 0.15) is 20.8 Å². The molecule has 0 aliphatic carbocycles. The molecule has 1 rings (SSSR count). The molecule has 0 amide bonds. The monoisotopic (exact) mass is 270 g/mol. The van der Waals surface area contributed by atoms with Crippen LogP contribution in [-0.4, -0.2) is 22.5 Å². The Morgan fingerprint density at radius 1 is 1.33 bits per heavy atom. The molecule has 0 aromatic heterocycles. The van der Waals surface area contributed by atoms with Crippen molar-refractivity contribution in [2.24, 2.45) is 5.92 Å². The molecular formula is C13H15ClO4. The van der Waals surface area contributed by atoms with Crippen LogP contribution in [0.5, 0.6) is 5.75 Å². The molecule has 0 bridgehead atoms. The van der Waals surface area contributed by atoms with Gasteiger partial charge in [-0.25, -0.2) is 4.79 Å². The van der Waals surface area contributed by atoms with Crippen molar-refractivity contribution in [1.82, 2.24) is 0 Å². The van der Waals surface area contributed by atoms with Crippen molar-refractivity contribution in [3.8, 4) is 5.75 Å². The van der Waals surface area contributed by atoms with Gasteiger partial charge in [-0.15, -0.1) is 0 Å². The van der Waals surface area contributed by atoms with E-state index in [9.17, 15) is 14.7 Å². The van der Waals surface area contributed by atoms with Crippen molar-refractivity contribution in [2.75, 3.05) is 0 Å². The van der Waals surface area contributed by atoms with Gasteiger partial charge in [0.15, 0.2) is 0 Å². The number of ketones is 1. The number of carboxylic acid groups (broad SMARTS) is 1. The molecule has 0 saturated heterocycles. The van der Waals surface area contributed by atoms with Crippen molar-refractivity contribution in [3.63, 3.8) is 0 Å². The number of carbonyl (C=O) groups excluding carboxylic acids is 1. The van der Waals surface area contributed by atoms with Crippen LogP contribution in [0.25, 0.3) is 0 Å². The summed E-state index contributed by atoms with van der Waals surface area (Å²) in [6.07, 6.45) is 0. The zero-order valence-corrected chi connectivity index (χ0v) is 11.2. The molecule has 0 saturated carbocycles. The molecule has 0 radical (unpaired) electrons. The minimum atomic E-state index is -1.60. The highest BCUT2D eigenvalue weighted by molar-refractivity contribution is 6.30. The Morgan fingerprint density at radius 2 is 1.83 bits per heavy atom. The summed E-state index contributed by atoms with van der Waals surface area (Å²) in [7, 11) is 0. The highest BCUT2D eigenvalue weighted by Gasteiger charge is 2.44. The fourth-order valence-corrected chi connectivity index (χ4v) is 1.58. The SMILES string of the molecule is CC(=O)C(C)C(C)(Oc1ccc(Cl)cc1)C(=O)O. The molecule has 1 aromatic rings. The van der Waals surface area contributed by atoms with Crippen LogP contribution in [0.15, 0.2) is 24.3 Å². The molecule has 0 aliphatic heterocycles. The Bertz CT molecular complexity index is 455. The second-order valence-corrected chi connectivity index (χ2v) is 4.74. The van der Waals surface area contributed by atoms with E-state index in [4.69, 9.17) is 16.3 Å². The summed E-state index contributed by atoms with van der Waals surface area (Å²) in [5.74, 6) is -1.82. The lowest BCUT2D eigenvalue weighted by atomic mass is 9.87. The molecule has 0 heterocycles. The summed E-state index contributed by atoms with van der Waals surface area (Å²) in [5.41, 5.74) is -1.60. The van der Waals surface area contributed by atoms with E-state index in [0.717, 1.165) is 0 Å². The standard InChI is InChI=1S/C13H15ClO4/c1-8(9(2)15)13(3,12(16)17)18-11-6-4-10(14)5-7-11/h4-8H,1-3H3,(H,16,17). The fraction of sp³-hybridized carbons (Fsp3) is 0.385. The lowest BCUT2D eigenvalue weighted by Gasteiger charge is -2.30. The van der Waals surface area contributed by atoms with Crippen LogP contribution in [-0.2, 0) is 9.59 Å². The van der Waals surface area contributed by atoms with Gasteiger partial charge in [-0.1, -0.05) is 18.5 Å². The van der Waals surface area contributed by atoms with Gasteiger partial charge in [0, 0.05) is 5.02 Å². The van der Waals surface area contributed by atoms with E-state index in [-0.39, 0.29) is 5.78 Å². The highest BCUT2D eigenvalue weighted by atomic mass is 35.5. The minimum absolute atomic E-state index is 0.242. The number of aliphatic carboxylic acids is 1. The van der Waals surface area contributed by atoms with Crippen LogP contribution in [0.3, 0.4) is 0 Å². The van der Waals surface area contributed by atoms with Gasteiger partial charge in [-0.05, 0) is 38.1 Å². The summed E-state index contributed by atoms with van der Waals surface area (Å²) >= 11 is 5.73. The second kappa shape index (κ2) is 5.40. The van der Waals surface area contributed by atoms with Crippen molar-refractivity contribution >= 4 is 23.4 Å². The summed E-state index contributed by atoms with van der Waals surface area (Å²) in [5, 5.41) is 9.79. The van der Waals surface area contributed by atoms with Gasteiger partial charge in [-0.3, -0.25) is 4.79 Å². The van der Waals surface area contributed by atoms with E-state index in [2.05, 4.69) is 0 Å². The normalized spacial score (nSPS) is 15.6. The largest absolute Gasteiger partial charge is 0.478 e. The number of carboxylic acids is 1. The lowest BCUT2D eigenvalue weighted by molar-refractivity contribution is -0.161. The fourth-order valence-electron chi connectivity index (χ4n) is 1.45. The van der Waals surface area contributed by atoms with Crippen LogP contribution < -0.4 is 4.74 Å². The maximum atomic E-state index is 11.4. The number of hydrogen-bond donors (Lipinski definition) is 1. The predicted molar refractivity (Wildman–Crippen MR) is 68.0 cm³/mol. The topological polar surface area (TPSA) is 63.6 Å². The Kier molecular flexibility index (Phi) is 4.35. The molecular weight excluding hydrogens is 256 g/mol. The Labute approximate surface area is 111 Å². The maximum Gasteiger partial charge on any atom is 0.348 e. The first-order chi connectivity index (χ1) is 8.27. The molecule has 0 spiro atoms. The molecule has 1 N–H and O–H groups in total. The third-order valence-corrected chi connectivity index (χ3v) is 3.26. The number of Topliss-reactive ketones (excluding diaryl/α,β-unsaturated/α-hetero) is 1. The van der Waals surface area contributed by atoms with Gasteiger partial charge in [0.2, 0.25) is 5.60 Å². The number of carbonyl (C=O) groups is 2. The second-order valence-electron chi connectivity index (χ2n) is 4.30. The predicted octanol–water partition coefficient (Wildman–Crippen LogP) is 2.79. The van der Waals surface area contributed by atoms with Gasteiger partial charge in [0.05, 0.1) is 5.92 Å². The van der Waals surface area contributed by atoms with Crippen LogP contribution in [0.2, 0.25) is 5.02 Å². The first-order valence-corrected chi connectivity index (χ1v) is 5.83. The number of ether oxygens (including phenoxy) is 1. The molecule has 2 unspecified atom stereocenters. The summed E-state index contributed by atoms with van der Waals surface area (Å²) in [6, 6.07) is 6.32. The van der Waals surface area contributed by atoms with Gasteiger partial charge in [0.1, 0.15) is 11.5 Å². The van der Waals surface area contributed by atoms with Crippen molar-refractivity contribution in [3.05, 3.63) is 29.3 Å². The van der Waals surface area contributed by atoms with Crippen LogP contribution in [0, 0.1) is 5.92 Å². The highest BCUT2D eigenvalue weighted by Crippen LogP contribution is 2.27. The van der Waals surface area contributed by atoms with E-state index in [1.807, 2.05) is 0 Å². The molecule has 0 aliphatic rings. The van der Waals surface area contributed by atoms with E-state index >= 15 is 0 Å². The minimum Gasteiger partial charge on any atom is -0.478 e. The van der Waals surface area contributed by atoms with E-state index in [1.165, 1.54) is 20.8 Å². The first kappa shape index (κ1) is 14.5. The van der Waals surface area contributed by atoms with Crippen LogP contribution in [0.4, 0.5) is 0 Å². The van der Waals surface area contributed by atoms with Crippen molar-refractivity contribution < 1.29 is 19.4 Å². The molecule has 18 heavy (non-hydrogen) atoms. The molecule has 4 nitrogen and oxygen atoms in total. The number of rotatable bonds is 5. The van der Waals surface area contributed by atoms with Crippen molar-refractivity contribution in [2.45, 2.75) is 26.4 Å². The van der Waals surface area contributed by atoms with E-state index in [0.29, 0.717) is 10.8 Å². The zero-order valence-electron chi connectivity index (χ0n) is 10.4.